The van der Waals surface area contributed by atoms with Crippen molar-refractivity contribution in [3.8, 4) is 5.75 Å². The molecule has 2 N–H and O–H groups in total. The van der Waals surface area contributed by atoms with Gasteiger partial charge in [0.25, 0.3) is 0 Å². The molecule has 9 heteroatoms. The Bertz CT molecular complexity index is 732. The molecule has 0 aliphatic rings. The van der Waals surface area contributed by atoms with Crippen molar-refractivity contribution in [1.29, 1.82) is 0 Å². The second kappa shape index (κ2) is 9.89. The normalized spacial score (nSPS) is 13.2. The molecule has 0 amide bonds. The highest BCUT2D eigenvalue weighted by molar-refractivity contribution is 14.0. The summed E-state index contributed by atoms with van der Waals surface area (Å²) in [6.07, 6.45) is -5.13. The molecule has 0 bridgehead atoms. The first kappa shape index (κ1) is 22.4. The van der Waals surface area contributed by atoms with E-state index in [4.69, 9.17) is 9.15 Å². The van der Waals surface area contributed by atoms with Gasteiger partial charge in [0.15, 0.2) is 17.3 Å². The van der Waals surface area contributed by atoms with Crippen LogP contribution in [0.4, 0.5) is 13.2 Å². The molecule has 26 heavy (non-hydrogen) atoms. The van der Waals surface area contributed by atoms with E-state index in [1.165, 1.54) is 7.05 Å². The third-order valence-electron chi connectivity index (χ3n) is 3.53. The van der Waals surface area contributed by atoms with Gasteiger partial charge < -0.3 is 19.8 Å². The Morgan fingerprint density at radius 2 is 2.08 bits per heavy atom. The number of alkyl halides is 3. The summed E-state index contributed by atoms with van der Waals surface area (Å²) in [5, 5.41) is 6.56. The fraction of sp³-hybridized carbons (Fsp3) is 0.471. The third kappa shape index (κ3) is 6.26. The average molecular weight is 485 g/mol. The molecule has 0 saturated carbocycles. The first-order chi connectivity index (χ1) is 11.8. The van der Waals surface area contributed by atoms with Gasteiger partial charge in [-0.25, -0.2) is 0 Å². The van der Waals surface area contributed by atoms with Crippen LogP contribution in [0.25, 0.3) is 11.0 Å². The lowest BCUT2D eigenvalue weighted by Crippen LogP contribution is -2.40. The number of benzene rings is 1. The number of hydrogen-bond acceptors (Lipinski definition) is 3. The minimum Gasteiger partial charge on any atom is -0.490 e. The number of halogens is 4. The first-order valence-electron chi connectivity index (χ1n) is 8.03. The van der Waals surface area contributed by atoms with Gasteiger partial charge in [-0.2, -0.15) is 13.2 Å². The van der Waals surface area contributed by atoms with Crippen molar-refractivity contribution in [2.24, 2.45) is 4.99 Å². The Morgan fingerprint density at radius 1 is 1.35 bits per heavy atom. The number of ether oxygens (including phenoxy) is 1. The van der Waals surface area contributed by atoms with Crippen molar-refractivity contribution in [1.82, 2.24) is 10.6 Å². The van der Waals surface area contributed by atoms with Crippen LogP contribution in [0.2, 0.25) is 0 Å². The molecule has 0 spiro atoms. The van der Waals surface area contributed by atoms with E-state index in [1.54, 1.807) is 0 Å². The molecule has 146 valence electrons. The molecule has 2 aromatic rings. The fourth-order valence-electron chi connectivity index (χ4n) is 2.33. The Balaban J connectivity index is 0.00000338. The van der Waals surface area contributed by atoms with Crippen LogP contribution in [0.1, 0.15) is 32.1 Å². The van der Waals surface area contributed by atoms with Gasteiger partial charge in [-0.1, -0.05) is 12.1 Å². The summed E-state index contributed by atoms with van der Waals surface area (Å²) in [5.41, 5.74) is 0.646. The van der Waals surface area contributed by atoms with Crippen LogP contribution in [0.15, 0.2) is 33.7 Å². The minimum atomic E-state index is -4.20. The number of aliphatic imine (C=N–C) groups is 1. The summed E-state index contributed by atoms with van der Waals surface area (Å²) in [6, 6.07) is 7.21. The van der Waals surface area contributed by atoms with Crippen molar-refractivity contribution < 1.29 is 22.3 Å². The lowest BCUT2D eigenvalue weighted by molar-refractivity contribution is -0.132. The van der Waals surface area contributed by atoms with E-state index < -0.39 is 12.6 Å². The quantitative estimate of drug-likeness (QED) is 0.356. The van der Waals surface area contributed by atoms with Crippen molar-refractivity contribution in [2.45, 2.75) is 32.5 Å². The monoisotopic (exact) mass is 485 g/mol. The summed E-state index contributed by atoms with van der Waals surface area (Å²) in [7, 11) is 1.50. The van der Waals surface area contributed by atoms with E-state index in [2.05, 4.69) is 15.6 Å². The molecule has 1 atom stereocenters. The number of nitrogens with one attached hydrogen (secondary N) is 2. The molecule has 1 unspecified atom stereocenters. The molecule has 0 radical (unpaired) electrons. The van der Waals surface area contributed by atoms with Crippen molar-refractivity contribution in [3.63, 3.8) is 0 Å². The maximum atomic E-state index is 12.2. The van der Waals surface area contributed by atoms with E-state index in [0.717, 1.165) is 5.39 Å². The van der Waals surface area contributed by atoms with Crippen molar-refractivity contribution in [2.75, 3.05) is 20.2 Å². The second-order valence-electron chi connectivity index (χ2n) is 5.49. The van der Waals surface area contributed by atoms with E-state index in [1.807, 2.05) is 38.1 Å². The number of nitrogens with zero attached hydrogens (tertiary/aromatic N) is 1. The van der Waals surface area contributed by atoms with Gasteiger partial charge in [0.05, 0.1) is 19.1 Å². The van der Waals surface area contributed by atoms with E-state index in [0.29, 0.717) is 23.7 Å². The highest BCUT2D eigenvalue weighted by Crippen LogP contribution is 2.31. The van der Waals surface area contributed by atoms with Crippen LogP contribution < -0.4 is 15.4 Å². The number of rotatable bonds is 6. The van der Waals surface area contributed by atoms with E-state index >= 15 is 0 Å². The molecule has 1 heterocycles. The Hall–Kier alpha value is -1.65. The van der Waals surface area contributed by atoms with Crippen LogP contribution in [0.5, 0.6) is 5.75 Å². The average Bonchev–Trinajstić information content (AvgIpc) is 2.98. The highest BCUT2D eigenvalue weighted by atomic mass is 127. The largest absolute Gasteiger partial charge is 0.490 e. The zero-order valence-electron chi connectivity index (χ0n) is 14.8. The number of furan rings is 1. The number of hydrogen-bond donors (Lipinski definition) is 2. The summed E-state index contributed by atoms with van der Waals surface area (Å²) in [5.74, 6) is 1.58. The van der Waals surface area contributed by atoms with Gasteiger partial charge >= 0.3 is 6.18 Å². The molecule has 2 rings (SSSR count). The molecular formula is C17H23F3IN3O2. The SMILES string of the molecule is CCOc1cccc2cc(C(C)NC(=NC)NCCC(F)(F)F)oc12.I. The molecule has 0 aliphatic heterocycles. The maximum Gasteiger partial charge on any atom is 0.390 e. The number of guanidine groups is 1. The topological polar surface area (TPSA) is 58.8 Å². The van der Waals surface area contributed by atoms with Crippen LogP contribution in [-0.2, 0) is 0 Å². The molecule has 1 aromatic carbocycles. The minimum absolute atomic E-state index is 0. The first-order valence-corrected chi connectivity index (χ1v) is 8.03. The lowest BCUT2D eigenvalue weighted by atomic mass is 10.2. The van der Waals surface area contributed by atoms with Crippen LogP contribution in [-0.4, -0.2) is 32.3 Å². The predicted molar refractivity (Wildman–Crippen MR) is 106 cm³/mol. The van der Waals surface area contributed by atoms with Gasteiger partial charge in [0.1, 0.15) is 5.76 Å². The molecule has 1 aromatic heterocycles. The zero-order valence-corrected chi connectivity index (χ0v) is 17.1. The summed E-state index contributed by atoms with van der Waals surface area (Å²) in [6.45, 7) is 4.02. The molecule has 0 aliphatic carbocycles. The molecule has 0 saturated heterocycles. The maximum absolute atomic E-state index is 12.2. The summed E-state index contributed by atoms with van der Waals surface area (Å²) in [4.78, 5) is 3.93. The van der Waals surface area contributed by atoms with E-state index in [9.17, 15) is 13.2 Å². The lowest BCUT2D eigenvalue weighted by Gasteiger charge is -2.16. The van der Waals surface area contributed by atoms with Crippen molar-refractivity contribution in [3.05, 3.63) is 30.0 Å². The predicted octanol–water partition coefficient (Wildman–Crippen LogP) is 4.63. The van der Waals surface area contributed by atoms with Crippen LogP contribution in [0.3, 0.4) is 0 Å². The van der Waals surface area contributed by atoms with E-state index in [-0.39, 0.29) is 42.5 Å². The molecule has 0 fully saturated rings. The van der Waals surface area contributed by atoms with Crippen LogP contribution >= 0.6 is 24.0 Å². The highest BCUT2D eigenvalue weighted by Gasteiger charge is 2.26. The van der Waals surface area contributed by atoms with Gasteiger partial charge in [-0.05, 0) is 26.0 Å². The summed E-state index contributed by atoms with van der Waals surface area (Å²) < 4.78 is 48.1. The van der Waals surface area contributed by atoms with Gasteiger partial charge in [-0.15, -0.1) is 24.0 Å². The van der Waals surface area contributed by atoms with Gasteiger partial charge in [0, 0.05) is 19.0 Å². The summed E-state index contributed by atoms with van der Waals surface area (Å²) >= 11 is 0. The number of fused-ring (bicyclic) bond motifs is 1. The van der Waals surface area contributed by atoms with Gasteiger partial charge in [0.2, 0.25) is 0 Å². The Kier molecular flexibility index (Phi) is 8.51. The third-order valence-corrected chi connectivity index (χ3v) is 3.53. The smallest absolute Gasteiger partial charge is 0.390 e. The van der Waals surface area contributed by atoms with Gasteiger partial charge in [-0.3, -0.25) is 4.99 Å². The Morgan fingerprint density at radius 3 is 2.69 bits per heavy atom. The zero-order chi connectivity index (χ0) is 18.4. The molecule has 5 nitrogen and oxygen atoms in total. The Labute approximate surface area is 167 Å². The van der Waals surface area contributed by atoms with Crippen LogP contribution in [0, 0.1) is 0 Å². The number of para-hydroxylation sites is 1. The second-order valence-corrected chi connectivity index (χ2v) is 5.49. The molecular weight excluding hydrogens is 462 g/mol. The van der Waals surface area contributed by atoms with Crippen molar-refractivity contribution >= 4 is 40.9 Å². The fourth-order valence-corrected chi connectivity index (χ4v) is 2.33. The standard InChI is InChI=1S/C17H22F3N3O2.HI/c1-4-24-13-7-5-6-12-10-14(25-15(12)13)11(2)23-16(21-3)22-9-8-17(18,19)20;/h5-7,10-11H,4,8-9H2,1-3H3,(H2,21,22,23);1H.